The van der Waals surface area contributed by atoms with Crippen molar-refractivity contribution >= 4 is 23.4 Å². The Balaban J connectivity index is 2.87. The molecule has 0 fully saturated rings. The highest BCUT2D eigenvalue weighted by Gasteiger charge is 2.18. The van der Waals surface area contributed by atoms with Crippen molar-refractivity contribution in [3.05, 3.63) is 35.9 Å². The minimum Gasteiger partial charge on any atom is -0.423 e. The first-order valence-electron chi connectivity index (χ1n) is 5.06. The van der Waals surface area contributed by atoms with Crippen LogP contribution in [0.3, 0.4) is 0 Å². The number of fused-ring (bicyclic) bond motifs is 1. The number of benzene rings is 1. The maximum atomic E-state index is 13.6. The van der Waals surface area contributed by atoms with Crippen LogP contribution in [0.4, 0.5) is 4.39 Å². The number of nitrogens with zero attached hydrogens (tertiary/aromatic N) is 1. The van der Waals surface area contributed by atoms with Crippen LogP contribution in [0.25, 0.3) is 10.8 Å². The third-order valence-electron chi connectivity index (χ3n) is 2.64. The SMILES string of the molecule is CCc1c(F)ccc2cncc(B(O)O)c12. The van der Waals surface area contributed by atoms with Gasteiger partial charge in [0.05, 0.1) is 0 Å². The van der Waals surface area contributed by atoms with E-state index in [9.17, 15) is 14.4 Å². The predicted octanol–water partition coefficient (Wildman–Crippen LogP) is 0.616. The topological polar surface area (TPSA) is 53.4 Å². The highest BCUT2D eigenvalue weighted by Crippen LogP contribution is 2.20. The lowest BCUT2D eigenvalue weighted by atomic mass is 9.77. The van der Waals surface area contributed by atoms with Gasteiger partial charge in [0.25, 0.3) is 0 Å². The summed E-state index contributed by atoms with van der Waals surface area (Å²) in [5.41, 5.74) is 0.733. The first kappa shape index (κ1) is 11.0. The Kier molecular flexibility index (Phi) is 2.89. The van der Waals surface area contributed by atoms with E-state index in [-0.39, 0.29) is 11.3 Å². The van der Waals surface area contributed by atoms with Gasteiger partial charge in [0.1, 0.15) is 5.82 Å². The van der Waals surface area contributed by atoms with Crippen molar-refractivity contribution in [1.29, 1.82) is 0 Å². The van der Waals surface area contributed by atoms with Crippen molar-refractivity contribution in [2.24, 2.45) is 0 Å². The van der Waals surface area contributed by atoms with Crippen LogP contribution in [-0.2, 0) is 6.42 Å². The molecule has 0 saturated carbocycles. The molecular formula is C11H11BFNO2. The van der Waals surface area contributed by atoms with Crippen LogP contribution in [0.5, 0.6) is 0 Å². The van der Waals surface area contributed by atoms with Crippen molar-refractivity contribution in [3.63, 3.8) is 0 Å². The summed E-state index contributed by atoms with van der Waals surface area (Å²) in [5, 5.41) is 19.7. The first-order valence-corrected chi connectivity index (χ1v) is 5.06. The summed E-state index contributed by atoms with van der Waals surface area (Å²) in [6, 6.07) is 2.96. The molecule has 0 radical (unpaired) electrons. The van der Waals surface area contributed by atoms with Crippen molar-refractivity contribution in [3.8, 4) is 0 Å². The average Bonchev–Trinajstić information content (AvgIpc) is 2.28. The fourth-order valence-corrected chi connectivity index (χ4v) is 1.89. The molecule has 1 aromatic carbocycles. The number of hydrogen-bond donors (Lipinski definition) is 2. The molecule has 0 spiro atoms. The summed E-state index contributed by atoms with van der Waals surface area (Å²) < 4.78 is 13.6. The summed E-state index contributed by atoms with van der Waals surface area (Å²) in [5.74, 6) is -0.330. The lowest BCUT2D eigenvalue weighted by Crippen LogP contribution is -2.31. The summed E-state index contributed by atoms with van der Waals surface area (Å²) in [4.78, 5) is 3.90. The molecule has 3 nitrogen and oxygen atoms in total. The normalized spacial score (nSPS) is 10.8. The third kappa shape index (κ3) is 1.68. The molecule has 1 heterocycles. The molecule has 5 heteroatoms. The molecule has 0 bridgehead atoms. The third-order valence-corrected chi connectivity index (χ3v) is 2.64. The smallest absolute Gasteiger partial charge is 0.423 e. The van der Waals surface area contributed by atoms with Gasteiger partial charge in [-0.15, -0.1) is 0 Å². The van der Waals surface area contributed by atoms with Gasteiger partial charge in [0, 0.05) is 23.2 Å². The Hall–Kier alpha value is -1.46. The molecule has 82 valence electrons. The summed E-state index contributed by atoms with van der Waals surface area (Å²) >= 11 is 0. The fourth-order valence-electron chi connectivity index (χ4n) is 1.89. The van der Waals surface area contributed by atoms with Crippen LogP contribution in [0.1, 0.15) is 12.5 Å². The van der Waals surface area contributed by atoms with Crippen LogP contribution in [0.15, 0.2) is 24.5 Å². The quantitative estimate of drug-likeness (QED) is 0.727. The molecule has 0 atom stereocenters. The van der Waals surface area contributed by atoms with E-state index >= 15 is 0 Å². The monoisotopic (exact) mass is 219 g/mol. The molecule has 0 aliphatic heterocycles. The number of halogens is 1. The maximum Gasteiger partial charge on any atom is 0.490 e. The molecule has 2 aromatic rings. The zero-order valence-electron chi connectivity index (χ0n) is 8.81. The second-order valence-electron chi connectivity index (χ2n) is 3.58. The lowest BCUT2D eigenvalue weighted by molar-refractivity contribution is 0.426. The molecular weight excluding hydrogens is 208 g/mol. The Bertz CT molecular complexity index is 531. The van der Waals surface area contributed by atoms with Gasteiger partial charge in [-0.05, 0) is 29.5 Å². The Morgan fingerprint density at radius 2 is 2.06 bits per heavy atom. The molecule has 2 rings (SSSR count). The number of aryl methyl sites for hydroxylation is 1. The zero-order valence-corrected chi connectivity index (χ0v) is 8.81. The van der Waals surface area contributed by atoms with E-state index in [2.05, 4.69) is 4.98 Å². The maximum absolute atomic E-state index is 13.6. The van der Waals surface area contributed by atoms with Gasteiger partial charge in [0.15, 0.2) is 0 Å². The van der Waals surface area contributed by atoms with E-state index in [1.165, 1.54) is 12.3 Å². The van der Waals surface area contributed by atoms with E-state index in [1.54, 1.807) is 12.3 Å². The van der Waals surface area contributed by atoms with Crippen molar-refractivity contribution in [1.82, 2.24) is 4.98 Å². The Morgan fingerprint density at radius 3 is 2.69 bits per heavy atom. The number of pyridine rings is 1. The average molecular weight is 219 g/mol. The van der Waals surface area contributed by atoms with Gasteiger partial charge in [-0.2, -0.15) is 0 Å². The fraction of sp³-hybridized carbons (Fsp3) is 0.182. The highest BCUT2D eigenvalue weighted by atomic mass is 19.1. The van der Waals surface area contributed by atoms with E-state index in [0.717, 1.165) is 0 Å². The molecule has 16 heavy (non-hydrogen) atoms. The van der Waals surface area contributed by atoms with E-state index in [4.69, 9.17) is 0 Å². The van der Waals surface area contributed by atoms with Gasteiger partial charge in [-0.25, -0.2) is 4.39 Å². The van der Waals surface area contributed by atoms with Crippen LogP contribution in [0.2, 0.25) is 0 Å². The van der Waals surface area contributed by atoms with E-state index < -0.39 is 7.12 Å². The molecule has 1 aromatic heterocycles. The first-order chi connectivity index (χ1) is 7.65. The highest BCUT2D eigenvalue weighted by molar-refractivity contribution is 6.62. The summed E-state index contributed by atoms with van der Waals surface area (Å²) in [7, 11) is -1.64. The summed E-state index contributed by atoms with van der Waals surface area (Å²) in [6.07, 6.45) is 3.43. The zero-order chi connectivity index (χ0) is 11.7. The predicted molar refractivity (Wildman–Crippen MR) is 60.9 cm³/mol. The van der Waals surface area contributed by atoms with Crippen LogP contribution >= 0.6 is 0 Å². The minimum atomic E-state index is -1.64. The molecule has 0 saturated heterocycles. The Morgan fingerprint density at radius 1 is 1.31 bits per heavy atom. The van der Waals surface area contributed by atoms with Gasteiger partial charge >= 0.3 is 7.12 Å². The largest absolute Gasteiger partial charge is 0.490 e. The summed E-state index contributed by atoms with van der Waals surface area (Å²) in [6.45, 7) is 1.83. The van der Waals surface area contributed by atoms with E-state index in [0.29, 0.717) is 22.8 Å². The van der Waals surface area contributed by atoms with E-state index in [1.807, 2.05) is 6.92 Å². The molecule has 0 aliphatic carbocycles. The molecule has 0 aliphatic rings. The van der Waals surface area contributed by atoms with Crippen LogP contribution in [0, 0.1) is 5.82 Å². The molecule has 0 unspecified atom stereocenters. The van der Waals surface area contributed by atoms with Crippen molar-refractivity contribution in [2.45, 2.75) is 13.3 Å². The molecule has 0 amide bonds. The van der Waals surface area contributed by atoms with Gasteiger partial charge in [0.2, 0.25) is 0 Å². The van der Waals surface area contributed by atoms with Crippen LogP contribution in [-0.4, -0.2) is 22.2 Å². The van der Waals surface area contributed by atoms with Crippen LogP contribution < -0.4 is 5.46 Å². The lowest BCUT2D eigenvalue weighted by Gasteiger charge is -2.10. The van der Waals surface area contributed by atoms with Gasteiger partial charge in [-0.1, -0.05) is 6.92 Å². The second kappa shape index (κ2) is 4.19. The second-order valence-corrected chi connectivity index (χ2v) is 3.58. The van der Waals surface area contributed by atoms with Gasteiger partial charge in [-0.3, -0.25) is 4.98 Å². The molecule has 2 N–H and O–H groups in total. The number of hydrogen-bond acceptors (Lipinski definition) is 3. The van der Waals surface area contributed by atoms with Crippen molar-refractivity contribution in [2.75, 3.05) is 0 Å². The van der Waals surface area contributed by atoms with Gasteiger partial charge < -0.3 is 10.0 Å². The standard InChI is InChI=1S/C11H11BFNO2/c1-2-8-10(13)4-3-7-5-14-6-9(11(7)8)12(15)16/h3-6,15-16H,2H2,1H3. The number of rotatable bonds is 2. The minimum absolute atomic E-state index is 0.244. The van der Waals surface area contributed by atoms with Crippen molar-refractivity contribution < 1.29 is 14.4 Å². The number of aromatic nitrogens is 1. The Labute approximate surface area is 92.7 Å².